The molecule has 2 amide bonds. The molecule has 1 fully saturated rings. The molecule has 1 aromatic rings. The van der Waals surface area contributed by atoms with Crippen molar-refractivity contribution < 1.29 is 24.0 Å². The maximum Gasteiger partial charge on any atom is 0.410 e. The fourth-order valence-corrected chi connectivity index (χ4v) is 2.83. The van der Waals surface area contributed by atoms with Crippen molar-refractivity contribution in [3.8, 4) is 0 Å². The number of ether oxygens (including phenoxy) is 2. The second-order valence-corrected chi connectivity index (χ2v) is 7.52. The minimum absolute atomic E-state index is 0.00253. The van der Waals surface area contributed by atoms with E-state index in [1.54, 1.807) is 26.8 Å². The van der Waals surface area contributed by atoms with Gasteiger partial charge in [0.05, 0.1) is 22.5 Å². The van der Waals surface area contributed by atoms with Crippen molar-refractivity contribution in [2.75, 3.05) is 25.0 Å². The Morgan fingerprint density at radius 2 is 2.12 bits per heavy atom. The number of hydrogen-bond donors (Lipinski definition) is 1. The molecule has 1 aliphatic rings. The van der Waals surface area contributed by atoms with E-state index in [9.17, 15) is 19.7 Å². The number of hydrogen-bond acceptors (Lipinski definition) is 6. The van der Waals surface area contributed by atoms with Crippen LogP contribution in [0.15, 0.2) is 22.7 Å². The van der Waals surface area contributed by atoms with Crippen LogP contribution in [0.25, 0.3) is 0 Å². The summed E-state index contributed by atoms with van der Waals surface area (Å²) < 4.78 is 11.0. The quantitative estimate of drug-likeness (QED) is 0.583. The van der Waals surface area contributed by atoms with E-state index in [0.717, 1.165) is 0 Å². The molecule has 1 N–H and O–H groups in total. The van der Waals surface area contributed by atoms with Crippen molar-refractivity contribution >= 4 is 39.3 Å². The van der Waals surface area contributed by atoms with Gasteiger partial charge in [-0.1, -0.05) is 6.07 Å². The van der Waals surface area contributed by atoms with Gasteiger partial charge in [0.25, 0.3) is 5.91 Å². The number of para-hydroxylation sites is 1. The van der Waals surface area contributed by atoms with Crippen LogP contribution in [0, 0.1) is 10.1 Å². The highest BCUT2D eigenvalue weighted by molar-refractivity contribution is 9.10. The Morgan fingerprint density at radius 1 is 1.42 bits per heavy atom. The Balaban J connectivity index is 2.07. The van der Waals surface area contributed by atoms with Gasteiger partial charge in [0.1, 0.15) is 11.3 Å². The molecular formula is C16H20BrN3O6. The lowest BCUT2D eigenvalue weighted by Crippen LogP contribution is -2.51. The molecule has 0 aliphatic carbocycles. The fraction of sp³-hybridized carbons (Fsp3) is 0.500. The van der Waals surface area contributed by atoms with Crippen molar-refractivity contribution in [1.82, 2.24) is 4.90 Å². The molecule has 1 unspecified atom stereocenters. The first kappa shape index (κ1) is 20.1. The Morgan fingerprint density at radius 3 is 2.73 bits per heavy atom. The zero-order chi connectivity index (χ0) is 19.5. The maximum absolute atomic E-state index is 12.5. The van der Waals surface area contributed by atoms with Crippen LogP contribution >= 0.6 is 15.9 Å². The average molecular weight is 430 g/mol. The Kier molecular flexibility index (Phi) is 6.19. The lowest BCUT2D eigenvalue weighted by Gasteiger charge is -2.33. The second kappa shape index (κ2) is 8.00. The first-order chi connectivity index (χ1) is 12.1. The summed E-state index contributed by atoms with van der Waals surface area (Å²) in [6, 6.07) is 4.51. The lowest BCUT2D eigenvalue weighted by molar-refractivity contribution is -0.384. The molecule has 0 aromatic heterocycles. The van der Waals surface area contributed by atoms with E-state index in [1.165, 1.54) is 17.0 Å². The molecule has 1 aliphatic heterocycles. The highest BCUT2D eigenvalue weighted by Crippen LogP contribution is 2.32. The van der Waals surface area contributed by atoms with Gasteiger partial charge < -0.3 is 19.7 Å². The van der Waals surface area contributed by atoms with Crippen molar-refractivity contribution in [3.05, 3.63) is 32.8 Å². The standard InChI is InChI=1S/C16H20BrN3O6/c1-16(2,3)26-15(22)19-7-8-25-12(9-19)14(21)18-11-6-4-5-10(17)13(11)20(23)24/h4-6,12H,7-9H2,1-3H3,(H,18,21). The van der Waals surface area contributed by atoms with E-state index in [1.807, 2.05) is 0 Å². The molecule has 0 spiro atoms. The van der Waals surface area contributed by atoms with Gasteiger partial charge in [-0.25, -0.2) is 4.79 Å². The predicted molar refractivity (Wildman–Crippen MR) is 97.0 cm³/mol. The number of nitrogens with one attached hydrogen (secondary N) is 1. The highest BCUT2D eigenvalue weighted by Gasteiger charge is 2.32. The number of halogens is 1. The first-order valence-electron chi connectivity index (χ1n) is 7.92. The first-order valence-corrected chi connectivity index (χ1v) is 8.71. The number of carbonyl (C=O) groups excluding carboxylic acids is 2. The number of carbonyl (C=O) groups is 2. The number of amides is 2. The summed E-state index contributed by atoms with van der Waals surface area (Å²) in [5.74, 6) is -0.570. The molecule has 1 heterocycles. The van der Waals surface area contributed by atoms with Gasteiger partial charge in [0.2, 0.25) is 0 Å². The predicted octanol–water partition coefficient (Wildman–Crippen LogP) is 2.93. The van der Waals surface area contributed by atoms with Gasteiger partial charge in [0.15, 0.2) is 6.10 Å². The third-order valence-corrected chi connectivity index (χ3v) is 4.08. The molecule has 1 atom stereocenters. The molecule has 1 saturated heterocycles. The smallest absolute Gasteiger partial charge is 0.410 e. The van der Waals surface area contributed by atoms with Crippen molar-refractivity contribution in [3.63, 3.8) is 0 Å². The number of nitro groups is 1. The summed E-state index contributed by atoms with van der Waals surface area (Å²) >= 11 is 3.10. The van der Waals surface area contributed by atoms with Crippen molar-refractivity contribution in [2.45, 2.75) is 32.5 Å². The second-order valence-electron chi connectivity index (χ2n) is 6.67. The van der Waals surface area contributed by atoms with Crippen LogP contribution in [0.5, 0.6) is 0 Å². The van der Waals surface area contributed by atoms with E-state index in [0.29, 0.717) is 6.54 Å². The number of nitrogens with zero attached hydrogens (tertiary/aromatic N) is 2. The molecule has 1 aromatic carbocycles. The van der Waals surface area contributed by atoms with E-state index >= 15 is 0 Å². The van der Waals surface area contributed by atoms with Gasteiger partial charge in [-0.3, -0.25) is 14.9 Å². The number of morpholine rings is 1. The summed E-state index contributed by atoms with van der Waals surface area (Å²) in [5.41, 5.74) is -0.850. The molecular weight excluding hydrogens is 410 g/mol. The largest absolute Gasteiger partial charge is 0.444 e. The van der Waals surface area contributed by atoms with Crippen LogP contribution in [-0.4, -0.2) is 53.2 Å². The van der Waals surface area contributed by atoms with E-state index < -0.39 is 28.6 Å². The summed E-state index contributed by atoms with van der Waals surface area (Å²) in [6.07, 6.45) is -1.48. The molecule has 26 heavy (non-hydrogen) atoms. The molecule has 142 valence electrons. The van der Waals surface area contributed by atoms with Gasteiger partial charge in [-0.15, -0.1) is 0 Å². The molecule has 2 rings (SSSR count). The van der Waals surface area contributed by atoms with Crippen LogP contribution < -0.4 is 5.32 Å². The lowest BCUT2D eigenvalue weighted by atomic mass is 10.2. The molecule has 0 bridgehead atoms. The Labute approximate surface area is 158 Å². The zero-order valence-corrected chi connectivity index (χ0v) is 16.2. The van der Waals surface area contributed by atoms with Crippen molar-refractivity contribution in [2.24, 2.45) is 0 Å². The molecule has 0 radical (unpaired) electrons. The average Bonchev–Trinajstić information content (AvgIpc) is 2.53. The van der Waals surface area contributed by atoms with Crippen LogP contribution in [0.1, 0.15) is 20.8 Å². The minimum atomic E-state index is -0.949. The monoisotopic (exact) mass is 429 g/mol. The van der Waals surface area contributed by atoms with E-state index in [-0.39, 0.29) is 29.0 Å². The summed E-state index contributed by atoms with van der Waals surface area (Å²) in [6.45, 7) is 5.72. The topological polar surface area (TPSA) is 111 Å². The van der Waals surface area contributed by atoms with E-state index in [4.69, 9.17) is 9.47 Å². The van der Waals surface area contributed by atoms with Crippen LogP contribution in [0.3, 0.4) is 0 Å². The third-order valence-electron chi connectivity index (χ3n) is 3.44. The SMILES string of the molecule is CC(C)(C)OC(=O)N1CCOC(C(=O)Nc2cccc(Br)c2[N+](=O)[O-])C1. The normalized spacial score (nSPS) is 17.5. The molecule has 10 heteroatoms. The number of rotatable bonds is 3. The van der Waals surface area contributed by atoms with Gasteiger partial charge in [0, 0.05) is 6.54 Å². The Hall–Kier alpha value is -2.20. The number of nitro benzene ring substituents is 1. The summed E-state index contributed by atoms with van der Waals surface area (Å²) in [4.78, 5) is 36.6. The molecule has 9 nitrogen and oxygen atoms in total. The maximum atomic E-state index is 12.5. The van der Waals surface area contributed by atoms with Crippen LogP contribution in [-0.2, 0) is 14.3 Å². The fourth-order valence-electron chi connectivity index (χ4n) is 2.32. The number of benzene rings is 1. The molecule has 0 saturated carbocycles. The summed E-state index contributed by atoms with van der Waals surface area (Å²) in [5, 5.41) is 13.7. The van der Waals surface area contributed by atoms with Gasteiger partial charge in [-0.2, -0.15) is 0 Å². The van der Waals surface area contributed by atoms with Crippen molar-refractivity contribution in [1.29, 1.82) is 0 Å². The Bertz CT molecular complexity index is 718. The third kappa shape index (κ3) is 5.15. The highest BCUT2D eigenvalue weighted by atomic mass is 79.9. The minimum Gasteiger partial charge on any atom is -0.444 e. The van der Waals surface area contributed by atoms with Gasteiger partial charge in [-0.05, 0) is 48.8 Å². The van der Waals surface area contributed by atoms with Crippen LogP contribution in [0.2, 0.25) is 0 Å². The summed E-state index contributed by atoms with van der Waals surface area (Å²) in [7, 11) is 0. The zero-order valence-electron chi connectivity index (χ0n) is 14.7. The van der Waals surface area contributed by atoms with Gasteiger partial charge >= 0.3 is 11.8 Å². The number of anilines is 1. The van der Waals surface area contributed by atoms with E-state index in [2.05, 4.69) is 21.2 Å². The van der Waals surface area contributed by atoms with Crippen LogP contribution in [0.4, 0.5) is 16.2 Å².